The Morgan fingerprint density at radius 1 is 1.08 bits per heavy atom. The van der Waals surface area contributed by atoms with Gasteiger partial charge in [0.25, 0.3) is 11.5 Å². The van der Waals surface area contributed by atoms with Crippen LogP contribution >= 0.6 is 0 Å². The number of nitrogens with zero attached hydrogens (tertiary/aromatic N) is 1. The Morgan fingerprint density at radius 2 is 1.76 bits per heavy atom. The molecule has 0 unspecified atom stereocenters. The van der Waals surface area contributed by atoms with Crippen molar-refractivity contribution in [2.45, 2.75) is 18.3 Å². The van der Waals surface area contributed by atoms with Crippen LogP contribution in [0.2, 0.25) is 0 Å². The number of benzene rings is 1. The number of H-pyrrole nitrogens is 1. The highest BCUT2D eigenvalue weighted by molar-refractivity contribution is 5.94. The number of rotatable bonds is 3. The molecule has 0 atom stereocenters. The quantitative estimate of drug-likeness (QED) is 0.863. The molecule has 1 aliphatic rings. The first kappa shape index (κ1) is 17.0. The SMILES string of the molecule is COC(=O)C1(c2ccccc2)CCN(C(=O)c2ccc[nH]c2=O)CC1. The van der Waals surface area contributed by atoms with Crippen LogP contribution in [0, 0.1) is 0 Å². The third kappa shape index (κ3) is 3.07. The Labute approximate surface area is 145 Å². The predicted molar refractivity (Wildman–Crippen MR) is 92.3 cm³/mol. The lowest BCUT2D eigenvalue weighted by molar-refractivity contribution is -0.149. The molecule has 0 aliphatic carbocycles. The number of carbonyl (C=O) groups is 2. The van der Waals surface area contributed by atoms with E-state index in [0.29, 0.717) is 25.9 Å². The molecule has 6 heteroatoms. The highest BCUT2D eigenvalue weighted by Crippen LogP contribution is 2.37. The number of ether oxygens (including phenoxy) is 1. The number of carbonyl (C=O) groups excluding carboxylic acids is 2. The standard InChI is InChI=1S/C19H20N2O4/c1-25-18(24)19(14-6-3-2-4-7-14)9-12-21(13-10-19)17(23)15-8-5-11-20-16(15)22/h2-8,11H,9-10,12-13H2,1H3,(H,20,22). The maximum Gasteiger partial charge on any atom is 0.316 e. The molecule has 2 heterocycles. The van der Waals surface area contributed by atoms with E-state index in [2.05, 4.69) is 4.98 Å². The van der Waals surface area contributed by atoms with Crippen molar-refractivity contribution in [3.8, 4) is 0 Å². The molecule has 1 saturated heterocycles. The lowest BCUT2D eigenvalue weighted by Gasteiger charge is -2.40. The molecule has 130 valence electrons. The lowest BCUT2D eigenvalue weighted by Crippen LogP contribution is -2.50. The number of methoxy groups -OCH3 is 1. The Morgan fingerprint density at radius 3 is 2.36 bits per heavy atom. The van der Waals surface area contributed by atoms with Gasteiger partial charge in [0.05, 0.1) is 12.5 Å². The second-order valence-electron chi connectivity index (χ2n) is 6.14. The zero-order valence-corrected chi connectivity index (χ0v) is 14.0. The summed E-state index contributed by atoms with van der Waals surface area (Å²) in [4.78, 5) is 41.1. The van der Waals surface area contributed by atoms with Crippen molar-refractivity contribution in [2.24, 2.45) is 0 Å². The zero-order valence-electron chi connectivity index (χ0n) is 14.0. The van der Waals surface area contributed by atoms with E-state index >= 15 is 0 Å². The van der Waals surface area contributed by atoms with Crippen molar-refractivity contribution in [3.05, 3.63) is 70.1 Å². The maximum absolute atomic E-state index is 12.6. The first-order valence-corrected chi connectivity index (χ1v) is 8.19. The van der Waals surface area contributed by atoms with Gasteiger partial charge in [-0.3, -0.25) is 14.4 Å². The molecule has 1 aromatic heterocycles. The normalized spacial score (nSPS) is 16.3. The molecule has 1 aliphatic heterocycles. The number of hydrogen-bond acceptors (Lipinski definition) is 4. The second kappa shape index (κ2) is 6.93. The summed E-state index contributed by atoms with van der Waals surface area (Å²) in [5, 5.41) is 0. The fourth-order valence-corrected chi connectivity index (χ4v) is 3.42. The Balaban J connectivity index is 1.83. The van der Waals surface area contributed by atoms with Crippen LogP contribution in [0.25, 0.3) is 0 Å². The minimum atomic E-state index is -0.754. The molecule has 0 bridgehead atoms. The monoisotopic (exact) mass is 340 g/mol. The van der Waals surface area contributed by atoms with Crippen LogP contribution in [0.1, 0.15) is 28.8 Å². The van der Waals surface area contributed by atoms with Gasteiger partial charge in [0.2, 0.25) is 0 Å². The van der Waals surface area contributed by atoms with Crippen LogP contribution < -0.4 is 5.56 Å². The van der Waals surface area contributed by atoms with Gasteiger partial charge in [-0.25, -0.2) is 0 Å². The van der Waals surface area contributed by atoms with Crippen LogP contribution in [0.3, 0.4) is 0 Å². The summed E-state index contributed by atoms with van der Waals surface area (Å²) in [6.45, 7) is 0.772. The molecular weight excluding hydrogens is 320 g/mol. The van der Waals surface area contributed by atoms with Crippen molar-refractivity contribution in [1.82, 2.24) is 9.88 Å². The first-order chi connectivity index (χ1) is 12.1. The van der Waals surface area contributed by atoms with E-state index in [9.17, 15) is 14.4 Å². The number of amides is 1. The summed E-state index contributed by atoms with van der Waals surface area (Å²) in [6.07, 6.45) is 2.41. The van der Waals surface area contributed by atoms with Crippen LogP contribution in [-0.2, 0) is 14.9 Å². The molecule has 6 nitrogen and oxygen atoms in total. The van der Waals surface area contributed by atoms with Gasteiger partial charge < -0.3 is 14.6 Å². The Bertz CT molecular complexity index is 821. The lowest BCUT2D eigenvalue weighted by atomic mass is 9.72. The number of nitrogens with one attached hydrogen (secondary N) is 1. The molecule has 2 aromatic rings. The smallest absolute Gasteiger partial charge is 0.316 e. The second-order valence-corrected chi connectivity index (χ2v) is 6.14. The molecule has 0 saturated carbocycles. The van der Waals surface area contributed by atoms with Crippen LogP contribution in [-0.4, -0.2) is 42.0 Å². The number of hydrogen-bond donors (Lipinski definition) is 1. The van der Waals surface area contributed by atoms with Gasteiger partial charge in [-0.1, -0.05) is 30.3 Å². The van der Waals surface area contributed by atoms with Crippen molar-refractivity contribution in [3.63, 3.8) is 0 Å². The van der Waals surface area contributed by atoms with E-state index in [1.54, 1.807) is 11.0 Å². The van der Waals surface area contributed by atoms with Crippen molar-refractivity contribution >= 4 is 11.9 Å². The molecule has 1 fully saturated rings. The topological polar surface area (TPSA) is 79.5 Å². The largest absolute Gasteiger partial charge is 0.468 e. The highest BCUT2D eigenvalue weighted by atomic mass is 16.5. The number of aromatic nitrogens is 1. The molecule has 1 aromatic carbocycles. The van der Waals surface area contributed by atoms with Crippen molar-refractivity contribution < 1.29 is 14.3 Å². The third-order valence-electron chi connectivity index (χ3n) is 4.86. The predicted octanol–water partition coefficient (Wildman–Crippen LogP) is 1.72. The van der Waals surface area contributed by atoms with E-state index in [1.807, 2.05) is 30.3 Å². The minimum Gasteiger partial charge on any atom is -0.468 e. The van der Waals surface area contributed by atoms with Crippen LogP contribution in [0.15, 0.2) is 53.5 Å². The third-order valence-corrected chi connectivity index (χ3v) is 4.86. The summed E-state index contributed by atoms with van der Waals surface area (Å²) in [5.74, 6) is -0.600. The Kier molecular flexibility index (Phi) is 4.70. The Hall–Kier alpha value is -2.89. The van der Waals surface area contributed by atoms with E-state index in [-0.39, 0.29) is 17.4 Å². The highest BCUT2D eigenvalue weighted by Gasteiger charge is 2.44. The number of aromatic amines is 1. The van der Waals surface area contributed by atoms with E-state index in [1.165, 1.54) is 19.4 Å². The van der Waals surface area contributed by atoms with Gasteiger partial charge in [0.1, 0.15) is 5.56 Å². The average molecular weight is 340 g/mol. The average Bonchev–Trinajstić information content (AvgIpc) is 2.68. The molecule has 25 heavy (non-hydrogen) atoms. The van der Waals surface area contributed by atoms with E-state index in [4.69, 9.17) is 4.74 Å². The molecule has 1 N–H and O–H groups in total. The van der Waals surface area contributed by atoms with Gasteiger partial charge >= 0.3 is 5.97 Å². The molecule has 1 amide bonds. The summed E-state index contributed by atoms with van der Waals surface area (Å²) in [5.41, 5.74) is -0.143. The molecule has 0 spiro atoms. The summed E-state index contributed by atoms with van der Waals surface area (Å²) < 4.78 is 5.05. The van der Waals surface area contributed by atoms with Gasteiger partial charge in [-0.2, -0.15) is 0 Å². The summed E-state index contributed by atoms with van der Waals surface area (Å²) in [6, 6.07) is 12.6. The zero-order chi connectivity index (χ0) is 17.9. The van der Waals surface area contributed by atoms with E-state index < -0.39 is 11.0 Å². The van der Waals surface area contributed by atoms with Gasteiger partial charge in [-0.15, -0.1) is 0 Å². The van der Waals surface area contributed by atoms with Crippen molar-refractivity contribution in [1.29, 1.82) is 0 Å². The minimum absolute atomic E-state index is 0.118. The summed E-state index contributed by atoms with van der Waals surface area (Å²) in [7, 11) is 1.38. The van der Waals surface area contributed by atoms with Crippen LogP contribution in [0.5, 0.6) is 0 Å². The number of esters is 1. The fraction of sp³-hybridized carbons (Fsp3) is 0.316. The van der Waals surface area contributed by atoms with E-state index in [0.717, 1.165) is 5.56 Å². The summed E-state index contributed by atoms with van der Waals surface area (Å²) >= 11 is 0. The number of likely N-dealkylation sites (tertiary alicyclic amines) is 1. The number of pyridine rings is 1. The number of piperidine rings is 1. The maximum atomic E-state index is 12.6. The molecule has 0 radical (unpaired) electrons. The van der Waals surface area contributed by atoms with Crippen molar-refractivity contribution in [2.75, 3.05) is 20.2 Å². The molecule has 3 rings (SSSR count). The first-order valence-electron chi connectivity index (χ1n) is 8.19. The molecular formula is C19H20N2O4. The fourth-order valence-electron chi connectivity index (χ4n) is 3.42. The van der Waals surface area contributed by atoms with Gasteiger partial charge in [-0.05, 0) is 30.5 Å². The van der Waals surface area contributed by atoms with Gasteiger partial charge in [0, 0.05) is 19.3 Å². The van der Waals surface area contributed by atoms with Gasteiger partial charge in [0.15, 0.2) is 0 Å². The van der Waals surface area contributed by atoms with Crippen LogP contribution in [0.4, 0.5) is 0 Å².